The zero-order valence-corrected chi connectivity index (χ0v) is 16.1. The summed E-state index contributed by atoms with van der Waals surface area (Å²) in [4.78, 5) is 26.5. The Morgan fingerprint density at radius 2 is 1.71 bits per heavy atom. The largest absolute Gasteiger partial charge is 0.449 e. The molecule has 1 aliphatic heterocycles. The Bertz CT molecular complexity index is 783. The Morgan fingerprint density at radius 3 is 2.36 bits per heavy atom. The van der Waals surface area contributed by atoms with Crippen molar-refractivity contribution in [3.8, 4) is 0 Å². The van der Waals surface area contributed by atoms with Crippen LogP contribution in [-0.4, -0.2) is 36.5 Å². The minimum atomic E-state index is -0.351. The lowest BCUT2D eigenvalue weighted by Crippen LogP contribution is -2.40. The van der Waals surface area contributed by atoms with Crippen molar-refractivity contribution in [2.45, 2.75) is 32.1 Å². The maximum absolute atomic E-state index is 13.0. The molecule has 0 N–H and O–H groups in total. The zero-order chi connectivity index (χ0) is 19.9. The molecule has 0 spiro atoms. The highest BCUT2D eigenvalue weighted by Gasteiger charge is 2.28. The highest BCUT2D eigenvalue weighted by atomic mass is 19.1. The van der Waals surface area contributed by atoms with Crippen molar-refractivity contribution in [2.24, 2.45) is 5.92 Å². The van der Waals surface area contributed by atoms with E-state index in [0.717, 1.165) is 6.42 Å². The van der Waals surface area contributed by atoms with E-state index in [-0.39, 0.29) is 23.6 Å². The van der Waals surface area contributed by atoms with Crippen LogP contribution in [-0.2, 0) is 4.74 Å². The minimum absolute atomic E-state index is 0.0182. The second kappa shape index (κ2) is 9.49. The molecule has 1 aliphatic rings. The number of Topliss-reactive ketones (excluding diaryl/α,β-unsaturated/α-hetero) is 1. The fourth-order valence-corrected chi connectivity index (χ4v) is 3.54. The van der Waals surface area contributed by atoms with Crippen LogP contribution in [0.15, 0.2) is 54.6 Å². The maximum atomic E-state index is 13.0. The summed E-state index contributed by atoms with van der Waals surface area (Å²) in [5.74, 6) is -0.138. The van der Waals surface area contributed by atoms with Crippen LogP contribution in [0.2, 0.25) is 0 Å². The van der Waals surface area contributed by atoms with Crippen LogP contribution in [0.1, 0.15) is 48.0 Å². The third-order valence-electron chi connectivity index (χ3n) is 5.40. The first kappa shape index (κ1) is 20.1. The van der Waals surface area contributed by atoms with Gasteiger partial charge in [-0.05, 0) is 55.0 Å². The number of carbonyl (C=O) groups excluding carboxylic acids is 2. The van der Waals surface area contributed by atoms with Crippen LogP contribution in [0.25, 0.3) is 0 Å². The number of ketones is 1. The number of benzene rings is 2. The summed E-state index contributed by atoms with van der Waals surface area (Å²) in [6.45, 7) is 3.51. The number of nitrogens with zero attached hydrogens (tertiary/aromatic N) is 1. The van der Waals surface area contributed by atoms with Crippen LogP contribution in [0.3, 0.4) is 0 Å². The molecule has 1 fully saturated rings. The van der Waals surface area contributed by atoms with Gasteiger partial charge in [0.1, 0.15) is 5.82 Å². The summed E-state index contributed by atoms with van der Waals surface area (Å²) in [7, 11) is 0. The first-order valence-electron chi connectivity index (χ1n) is 9.81. The van der Waals surface area contributed by atoms with Crippen molar-refractivity contribution in [1.29, 1.82) is 0 Å². The van der Waals surface area contributed by atoms with E-state index in [1.807, 2.05) is 18.2 Å². The summed E-state index contributed by atoms with van der Waals surface area (Å²) in [6, 6.07) is 15.8. The molecule has 1 amide bonds. The standard InChI is InChI=1S/C23H26FNO3/c1-17(18-5-3-2-4-6-18)13-16-28-23(27)25-14-11-20(12-15-25)22(26)19-7-9-21(24)10-8-19/h2-10,17,20H,11-16H2,1H3. The first-order chi connectivity index (χ1) is 13.5. The van der Waals surface area contributed by atoms with Gasteiger partial charge in [-0.15, -0.1) is 0 Å². The summed E-state index contributed by atoms with van der Waals surface area (Å²) >= 11 is 0. The third kappa shape index (κ3) is 5.18. The number of rotatable bonds is 6. The van der Waals surface area contributed by atoms with Crippen molar-refractivity contribution in [2.75, 3.05) is 19.7 Å². The van der Waals surface area contributed by atoms with Crippen LogP contribution < -0.4 is 0 Å². The number of halogens is 1. The Labute approximate surface area is 165 Å². The maximum Gasteiger partial charge on any atom is 0.409 e. The number of piperidine rings is 1. The number of likely N-dealkylation sites (tertiary alicyclic amines) is 1. The molecule has 2 aromatic carbocycles. The van der Waals surface area contributed by atoms with Gasteiger partial charge in [0.25, 0.3) is 0 Å². The van der Waals surface area contributed by atoms with Crippen molar-refractivity contribution in [3.63, 3.8) is 0 Å². The van der Waals surface area contributed by atoms with E-state index < -0.39 is 0 Å². The third-order valence-corrected chi connectivity index (χ3v) is 5.40. The van der Waals surface area contributed by atoms with Crippen LogP contribution in [0.5, 0.6) is 0 Å². The number of hydrogen-bond acceptors (Lipinski definition) is 3. The number of ether oxygens (including phenoxy) is 1. The molecule has 4 nitrogen and oxygen atoms in total. The molecule has 2 aromatic rings. The monoisotopic (exact) mass is 383 g/mol. The van der Waals surface area contributed by atoms with Gasteiger partial charge in [0.2, 0.25) is 0 Å². The molecule has 28 heavy (non-hydrogen) atoms. The number of carbonyl (C=O) groups is 2. The van der Waals surface area contributed by atoms with Gasteiger partial charge in [-0.3, -0.25) is 4.79 Å². The molecule has 1 atom stereocenters. The molecule has 5 heteroatoms. The summed E-state index contributed by atoms with van der Waals surface area (Å²) in [5, 5.41) is 0. The molecule has 0 radical (unpaired) electrons. The van der Waals surface area contributed by atoms with Gasteiger partial charge in [-0.2, -0.15) is 0 Å². The van der Waals surface area contributed by atoms with Crippen LogP contribution >= 0.6 is 0 Å². The topological polar surface area (TPSA) is 46.6 Å². The molecule has 148 valence electrons. The average Bonchev–Trinajstić information content (AvgIpc) is 2.74. The first-order valence-corrected chi connectivity index (χ1v) is 9.81. The smallest absolute Gasteiger partial charge is 0.409 e. The van der Waals surface area contributed by atoms with Gasteiger partial charge in [-0.25, -0.2) is 9.18 Å². The highest BCUT2D eigenvalue weighted by Crippen LogP contribution is 2.23. The Hall–Kier alpha value is -2.69. The number of amides is 1. The SMILES string of the molecule is CC(CCOC(=O)N1CCC(C(=O)c2ccc(F)cc2)CC1)c1ccccc1. The molecule has 0 bridgehead atoms. The lowest BCUT2D eigenvalue weighted by Gasteiger charge is -2.30. The zero-order valence-electron chi connectivity index (χ0n) is 16.1. The van der Waals surface area contributed by atoms with Gasteiger partial charge in [0, 0.05) is 24.6 Å². The molecule has 0 aliphatic carbocycles. The van der Waals surface area contributed by atoms with Gasteiger partial charge < -0.3 is 9.64 Å². The van der Waals surface area contributed by atoms with E-state index in [0.29, 0.717) is 44.0 Å². The fourth-order valence-electron chi connectivity index (χ4n) is 3.54. The van der Waals surface area contributed by atoms with Crippen molar-refractivity contribution >= 4 is 11.9 Å². The van der Waals surface area contributed by atoms with Crippen molar-refractivity contribution in [1.82, 2.24) is 4.90 Å². The lowest BCUT2D eigenvalue weighted by atomic mass is 9.89. The highest BCUT2D eigenvalue weighted by molar-refractivity contribution is 5.97. The van der Waals surface area contributed by atoms with Crippen LogP contribution in [0.4, 0.5) is 9.18 Å². The van der Waals surface area contributed by atoms with Gasteiger partial charge in [-0.1, -0.05) is 37.3 Å². The van der Waals surface area contributed by atoms with Crippen molar-refractivity contribution in [3.05, 3.63) is 71.5 Å². The second-order valence-electron chi connectivity index (χ2n) is 7.35. The van der Waals surface area contributed by atoms with Gasteiger partial charge in [0.05, 0.1) is 6.61 Å². The van der Waals surface area contributed by atoms with Crippen molar-refractivity contribution < 1.29 is 18.7 Å². The van der Waals surface area contributed by atoms with E-state index in [4.69, 9.17) is 4.74 Å². The quantitative estimate of drug-likeness (QED) is 0.656. The van der Waals surface area contributed by atoms with Gasteiger partial charge >= 0.3 is 6.09 Å². The fraction of sp³-hybridized carbons (Fsp3) is 0.391. The predicted octanol–water partition coefficient (Wildman–Crippen LogP) is 5.05. The lowest BCUT2D eigenvalue weighted by molar-refractivity contribution is 0.0729. The minimum Gasteiger partial charge on any atom is -0.449 e. The second-order valence-corrected chi connectivity index (χ2v) is 7.35. The average molecular weight is 383 g/mol. The molecule has 1 unspecified atom stereocenters. The molecule has 3 rings (SSSR count). The van der Waals surface area contributed by atoms with Gasteiger partial charge in [0.15, 0.2) is 5.78 Å². The Morgan fingerprint density at radius 1 is 1.07 bits per heavy atom. The summed E-state index contributed by atoms with van der Waals surface area (Å²) in [5.41, 5.74) is 1.76. The molecule has 0 saturated carbocycles. The molecular formula is C23H26FNO3. The number of hydrogen-bond donors (Lipinski definition) is 0. The Balaban J connectivity index is 1.41. The predicted molar refractivity (Wildman–Crippen MR) is 106 cm³/mol. The Kier molecular flexibility index (Phi) is 6.80. The van der Waals surface area contributed by atoms with E-state index in [1.165, 1.54) is 29.8 Å². The van der Waals surface area contributed by atoms with E-state index >= 15 is 0 Å². The van der Waals surface area contributed by atoms with E-state index in [1.54, 1.807) is 4.90 Å². The molecule has 0 aromatic heterocycles. The van der Waals surface area contributed by atoms with Crippen LogP contribution in [0, 0.1) is 11.7 Å². The molecular weight excluding hydrogens is 357 g/mol. The molecule has 1 heterocycles. The summed E-state index contributed by atoms with van der Waals surface area (Å²) < 4.78 is 18.4. The summed E-state index contributed by atoms with van der Waals surface area (Å²) in [6.07, 6.45) is 1.67. The molecule has 1 saturated heterocycles. The van der Waals surface area contributed by atoms with E-state index in [9.17, 15) is 14.0 Å². The van der Waals surface area contributed by atoms with E-state index in [2.05, 4.69) is 19.1 Å². The normalized spacial score (nSPS) is 15.9.